The molecular formula is C11H21ClO3S. The van der Waals surface area contributed by atoms with E-state index in [0.29, 0.717) is 18.4 Å². The van der Waals surface area contributed by atoms with Crippen molar-refractivity contribution in [2.45, 2.75) is 37.9 Å². The quantitative estimate of drug-likeness (QED) is 0.548. The molecule has 0 aliphatic heterocycles. The maximum absolute atomic E-state index is 12.0. The number of sulfone groups is 1. The van der Waals surface area contributed by atoms with Gasteiger partial charge in [-0.15, -0.1) is 11.6 Å². The predicted molar refractivity (Wildman–Crippen MR) is 66.7 cm³/mol. The highest BCUT2D eigenvalue weighted by molar-refractivity contribution is 7.92. The molecule has 0 heterocycles. The van der Waals surface area contributed by atoms with Gasteiger partial charge in [0.05, 0.1) is 24.2 Å². The summed E-state index contributed by atoms with van der Waals surface area (Å²) in [7, 11) is -2.96. The van der Waals surface area contributed by atoms with Crippen LogP contribution >= 0.6 is 11.6 Å². The molecule has 0 radical (unpaired) electrons. The van der Waals surface area contributed by atoms with Crippen molar-refractivity contribution in [1.29, 1.82) is 0 Å². The molecule has 0 aromatic rings. The number of halogens is 1. The second-order valence-corrected chi connectivity index (χ2v) is 7.34. The average Bonchev–Trinajstić information content (AvgIpc) is 2.24. The lowest BCUT2D eigenvalue weighted by Gasteiger charge is -2.26. The van der Waals surface area contributed by atoms with E-state index in [4.69, 9.17) is 16.3 Å². The lowest BCUT2D eigenvalue weighted by molar-refractivity contribution is 0.165. The molecule has 1 aliphatic rings. The molecule has 1 rings (SSSR count). The second kappa shape index (κ2) is 6.82. The van der Waals surface area contributed by atoms with Crippen LogP contribution in [0.15, 0.2) is 0 Å². The Balaban J connectivity index is 2.37. The molecular weight excluding hydrogens is 248 g/mol. The number of ether oxygens (including phenoxy) is 1. The van der Waals surface area contributed by atoms with Crippen LogP contribution in [-0.4, -0.2) is 38.5 Å². The number of rotatable bonds is 6. The SMILES string of the molecule is CC1CCCC(S(=O)(=O)CCOCCCl)C1. The minimum absolute atomic E-state index is 0.140. The molecule has 0 aromatic carbocycles. The van der Waals surface area contributed by atoms with Gasteiger partial charge in [-0.2, -0.15) is 0 Å². The molecule has 5 heteroatoms. The van der Waals surface area contributed by atoms with Gasteiger partial charge in [0, 0.05) is 5.88 Å². The maximum Gasteiger partial charge on any atom is 0.155 e. The van der Waals surface area contributed by atoms with Gasteiger partial charge in [0.15, 0.2) is 9.84 Å². The van der Waals surface area contributed by atoms with Crippen LogP contribution in [0.5, 0.6) is 0 Å². The molecule has 1 saturated carbocycles. The summed E-state index contributed by atoms with van der Waals surface area (Å²) in [6.45, 7) is 2.84. The smallest absolute Gasteiger partial charge is 0.155 e. The summed E-state index contributed by atoms with van der Waals surface area (Å²) in [5.74, 6) is 1.10. The van der Waals surface area contributed by atoms with Crippen molar-refractivity contribution in [3.63, 3.8) is 0 Å². The van der Waals surface area contributed by atoms with Gasteiger partial charge < -0.3 is 4.74 Å². The number of hydrogen-bond donors (Lipinski definition) is 0. The van der Waals surface area contributed by atoms with Crippen LogP contribution in [-0.2, 0) is 14.6 Å². The van der Waals surface area contributed by atoms with E-state index in [9.17, 15) is 8.42 Å². The van der Waals surface area contributed by atoms with Gasteiger partial charge in [-0.3, -0.25) is 0 Å². The fourth-order valence-electron chi connectivity index (χ4n) is 2.20. The van der Waals surface area contributed by atoms with Crippen molar-refractivity contribution in [3.8, 4) is 0 Å². The summed E-state index contributed by atoms with van der Waals surface area (Å²) in [6, 6.07) is 0. The molecule has 0 bridgehead atoms. The molecule has 16 heavy (non-hydrogen) atoms. The largest absolute Gasteiger partial charge is 0.379 e. The van der Waals surface area contributed by atoms with Gasteiger partial charge in [-0.05, 0) is 18.8 Å². The molecule has 0 spiro atoms. The predicted octanol–water partition coefficient (Wildman–Crippen LogP) is 2.24. The van der Waals surface area contributed by atoms with Crippen LogP contribution in [0.1, 0.15) is 32.6 Å². The van der Waals surface area contributed by atoms with E-state index in [1.54, 1.807) is 0 Å². The van der Waals surface area contributed by atoms with Gasteiger partial charge in [0.2, 0.25) is 0 Å². The van der Waals surface area contributed by atoms with Gasteiger partial charge in [0.1, 0.15) is 0 Å². The Kier molecular flexibility index (Phi) is 6.08. The Morgan fingerprint density at radius 1 is 1.31 bits per heavy atom. The summed E-state index contributed by atoms with van der Waals surface area (Å²) in [5, 5.41) is -0.143. The first kappa shape index (κ1) is 14.3. The zero-order valence-corrected chi connectivity index (χ0v) is 11.4. The van der Waals surface area contributed by atoms with Crippen molar-refractivity contribution in [3.05, 3.63) is 0 Å². The Morgan fingerprint density at radius 3 is 2.69 bits per heavy atom. The lowest BCUT2D eigenvalue weighted by Crippen LogP contribution is -2.30. The highest BCUT2D eigenvalue weighted by Crippen LogP contribution is 2.28. The van der Waals surface area contributed by atoms with E-state index in [1.165, 1.54) is 0 Å². The third kappa shape index (κ3) is 4.60. The molecule has 0 saturated heterocycles. The average molecular weight is 269 g/mol. The molecule has 1 fully saturated rings. The molecule has 2 atom stereocenters. The van der Waals surface area contributed by atoms with Crippen molar-refractivity contribution in [2.75, 3.05) is 24.8 Å². The molecule has 3 nitrogen and oxygen atoms in total. The summed E-state index contributed by atoms with van der Waals surface area (Å²) in [6.07, 6.45) is 3.84. The summed E-state index contributed by atoms with van der Waals surface area (Å²) in [5.41, 5.74) is 0. The highest BCUT2D eigenvalue weighted by Gasteiger charge is 2.29. The zero-order chi connectivity index (χ0) is 12.0. The van der Waals surface area contributed by atoms with Crippen LogP contribution in [0.2, 0.25) is 0 Å². The highest BCUT2D eigenvalue weighted by atomic mass is 35.5. The van der Waals surface area contributed by atoms with E-state index in [1.807, 2.05) is 0 Å². The van der Waals surface area contributed by atoms with Crippen molar-refractivity contribution >= 4 is 21.4 Å². The minimum atomic E-state index is -2.96. The topological polar surface area (TPSA) is 43.4 Å². The van der Waals surface area contributed by atoms with Crippen LogP contribution in [0.4, 0.5) is 0 Å². The third-order valence-electron chi connectivity index (χ3n) is 3.13. The Labute approximate surface area is 103 Å². The minimum Gasteiger partial charge on any atom is -0.379 e. The Bertz CT molecular complexity index is 290. The van der Waals surface area contributed by atoms with Gasteiger partial charge in [0.25, 0.3) is 0 Å². The fraction of sp³-hybridized carbons (Fsp3) is 1.00. The normalized spacial score (nSPS) is 26.9. The van der Waals surface area contributed by atoms with Crippen molar-refractivity contribution in [2.24, 2.45) is 5.92 Å². The van der Waals surface area contributed by atoms with Crippen molar-refractivity contribution < 1.29 is 13.2 Å². The fourth-order valence-corrected chi connectivity index (χ4v) is 4.14. The molecule has 0 N–H and O–H groups in total. The summed E-state index contributed by atoms with van der Waals surface area (Å²) in [4.78, 5) is 0. The summed E-state index contributed by atoms with van der Waals surface area (Å²) >= 11 is 5.44. The summed E-state index contributed by atoms with van der Waals surface area (Å²) < 4.78 is 29.1. The standard InChI is InChI=1S/C11H21ClO3S/c1-10-3-2-4-11(9-10)16(13,14)8-7-15-6-5-12/h10-11H,2-9H2,1H3. The number of alkyl halides is 1. The molecule has 96 valence electrons. The van der Waals surface area contributed by atoms with E-state index < -0.39 is 9.84 Å². The first-order valence-corrected chi connectivity index (χ1v) is 8.16. The third-order valence-corrected chi connectivity index (χ3v) is 5.46. The van der Waals surface area contributed by atoms with Crippen LogP contribution in [0, 0.1) is 5.92 Å². The number of hydrogen-bond acceptors (Lipinski definition) is 3. The van der Waals surface area contributed by atoms with Gasteiger partial charge in [-0.25, -0.2) is 8.42 Å². The monoisotopic (exact) mass is 268 g/mol. The molecule has 0 amide bonds. The first-order chi connectivity index (χ1) is 7.56. The second-order valence-electron chi connectivity index (χ2n) is 4.56. The van der Waals surface area contributed by atoms with E-state index in [0.717, 1.165) is 25.7 Å². The van der Waals surface area contributed by atoms with Gasteiger partial charge >= 0.3 is 0 Å². The zero-order valence-electron chi connectivity index (χ0n) is 9.82. The lowest BCUT2D eigenvalue weighted by atomic mass is 9.91. The van der Waals surface area contributed by atoms with Gasteiger partial charge in [-0.1, -0.05) is 19.8 Å². The van der Waals surface area contributed by atoms with E-state index in [2.05, 4.69) is 6.92 Å². The molecule has 1 aliphatic carbocycles. The Morgan fingerprint density at radius 2 is 2.06 bits per heavy atom. The maximum atomic E-state index is 12.0. The first-order valence-electron chi connectivity index (χ1n) is 5.91. The molecule has 2 unspecified atom stereocenters. The van der Waals surface area contributed by atoms with Crippen LogP contribution in [0.25, 0.3) is 0 Å². The molecule has 0 aromatic heterocycles. The van der Waals surface area contributed by atoms with Crippen molar-refractivity contribution in [1.82, 2.24) is 0 Å². The van der Waals surface area contributed by atoms with E-state index in [-0.39, 0.29) is 17.6 Å². The van der Waals surface area contributed by atoms with E-state index >= 15 is 0 Å². The van der Waals surface area contributed by atoms with Crippen LogP contribution < -0.4 is 0 Å². The Hall–Kier alpha value is 0.200. The van der Waals surface area contributed by atoms with Crippen LogP contribution in [0.3, 0.4) is 0 Å².